The summed E-state index contributed by atoms with van der Waals surface area (Å²) in [5.74, 6) is -0.667. The Labute approximate surface area is 129 Å². The third-order valence-corrected chi connectivity index (χ3v) is 4.21. The normalized spacial score (nSPS) is 11.5. The molecule has 0 aliphatic heterocycles. The molecule has 0 saturated heterocycles. The smallest absolute Gasteiger partial charge is 0.381 e. The highest BCUT2D eigenvalue weighted by Gasteiger charge is 2.26. The van der Waals surface area contributed by atoms with Crippen LogP contribution in [0.4, 0.5) is 9.18 Å². The van der Waals surface area contributed by atoms with Gasteiger partial charge in [0.15, 0.2) is 0 Å². The highest BCUT2D eigenvalue weighted by molar-refractivity contribution is 7.14. The van der Waals surface area contributed by atoms with Crippen LogP contribution in [0, 0.1) is 5.95 Å². The predicted molar refractivity (Wildman–Crippen MR) is 79.2 cm³/mol. The molecular formula is C13H13ClFN3O2S. The maximum absolute atomic E-state index is 13.4. The zero-order valence-corrected chi connectivity index (χ0v) is 13.2. The highest BCUT2D eigenvalue weighted by atomic mass is 35.5. The van der Waals surface area contributed by atoms with E-state index in [0.29, 0.717) is 11.3 Å². The van der Waals surface area contributed by atoms with Crippen molar-refractivity contribution in [2.75, 3.05) is 0 Å². The van der Waals surface area contributed by atoms with Crippen LogP contribution in [0.2, 0.25) is 5.02 Å². The number of aromatic nitrogens is 2. The summed E-state index contributed by atoms with van der Waals surface area (Å²) in [7, 11) is 0. The third-order valence-electron chi connectivity index (χ3n) is 2.55. The Balaban J connectivity index is 2.63. The van der Waals surface area contributed by atoms with Gasteiger partial charge in [0.2, 0.25) is 5.95 Å². The lowest BCUT2D eigenvalue weighted by Crippen LogP contribution is -2.15. The second-order valence-electron chi connectivity index (χ2n) is 5.32. The number of primary amides is 1. The molecule has 2 aromatic heterocycles. The van der Waals surface area contributed by atoms with E-state index in [4.69, 9.17) is 22.1 Å². The molecule has 0 atom stereocenters. The molecule has 0 spiro atoms. The lowest BCUT2D eigenvalue weighted by molar-refractivity contribution is 0.210. The minimum absolute atomic E-state index is 0.0933. The van der Waals surface area contributed by atoms with Crippen LogP contribution in [0.15, 0.2) is 12.3 Å². The van der Waals surface area contributed by atoms with Crippen LogP contribution in [0.5, 0.6) is 5.19 Å². The lowest BCUT2D eigenvalue weighted by atomic mass is 9.91. The Morgan fingerprint density at radius 3 is 2.71 bits per heavy atom. The molecule has 1 amide bonds. The number of hydrogen-bond donors (Lipinski definition) is 1. The molecule has 2 heterocycles. The van der Waals surface area contributed by atoms with Crippen molar-refractivity contribution in [3.63, 3.8) is 0 Å². The summed E-state index contributed by atoms with van der Waals surface area (Å²) in [4.78, 5) is 19.4. The first-order valence-electron chi connectivity index (χ1n) is 5.98. The van der Waals surface area contributed by atoms with Gasteiger partial charge in [-0.3, -0.25) is 0 Å². The van der Waals surface area contributed by atoms with Gasteiger partial charge < -0.3 is 10.5 Å². The first kappa shape index (κ1) is 15.7. The molecule has 2 aromatic rings. The van der Waals surface area contributed by atoms with Crippen LogP contribution in [0.3, 0.4) is 0 Å². The summed E-state index contributed by atoms with van der Waals surface area (Å²) in [5.41, 5.74) is 5.55. The Morgan fingerprint density at radius 2 is 2.14 bits per heavy atom. The van der Waals surface area contributed by atoms with Crippen LogP contribution >= 0.6 is 22.9 Å². The number of pyridine rings is 1. The van der Waals surface area contributed by atoms with Gasteiger partial charge in [0.25, 0.3) is 5.19 Å². The molecule has 2 N–H and O–H groups in total. The Hall–Kier alpha value is -1.73. The van der Waals surface area contributed by atoms with Crippen molar-refractivity contribution < 1.29 is 13.9 Å². The SMILES string of the molecule is CC(C)(C)c1sc(OC(N)=O)nc1-c1cc(F)ncc1Cl. The number of hydrogen-bond acceptors (Lipinski definition) is 5. The number of thiazole rings is 1. The second-order valence-corrected chi connectivity index (χ2v) is 6.68. The van der Waals surface area contributed by atoms with E-state index in [1.807, 2.05) is 20.8 Å². The zero-order chi connectivity index (χ0) is 15.8. The third kappa shape index (κ3) is 3.48. The van der Waals surface area contributed by atoms with Gasteiger partial charge in [-0.2, -0.15) is 4.39 Å². The van der Waals surface area contributed by atoms with Crippen LogP contribution < -0.4 is 10.5 Å². The summed E-state index contributed by atoms with van der Waals surface area (Å²) in [5, 5.41) is 0.355. The van der Waals surface area contributed by atoms with Crippen molar-refractivity contribution in [3.8, 4) is 16.5 Å². The van der Waals surface area contributed by atoms with E-state index in [1.54, 1.807) is 0 Å². The first-order chi connectivity index (χ1) is 9.68. The Kier molecular flexibility index (Phi) is 4.15. The van der Waals surface area contributed by atoms with Crippen molar-refractivity contribution in [2.24, 2.45) is 5.73 Å². The minimum atomic E-state index is -0.956. The molecule has 0 aromatic carbocycles. The van der Waals surface area contributed by atoms with E-state index >= 15 is 0 Å². The molecule has 112 valence electrons. The summed E-state index contributed by atoms with van der Waals surface area (Å²) in [6, 6.07) is 1.20. The molecule has 21 heavy (non-hydrogen) atoms. The second kappa shape index (κ2) is 5.57. The summed E-state index contributed by atoms with van der Waals surface area (Å²) in [6.45, 7) is 5.89. The maximum Gasteiger partial charge on any atom is 0.411 e. The monoisotopic (exact) mass is 329 g/mol. The molecule has 0 unspecified atom stereocenters. The van der Waals surface area contributed by atoms with Crippen molar-refractivity contribution in [3.05, 3.63) is 28.1 Å². The van der Waals surface area contributed by atoms with Gasteiger partial charge in [-0.25, -0.2) is 14.8 Å². The number of carbonyl (C=O) groups is 1. The van der Waals surface area contributed by atoms with Crippen molar-refractivity contribution >= 4 is 29.0 Å². The van der Waals surface area contributed by atoms with Crippen LogP contribution in [-0.4, -0.2) is 16.1 Å². The van der Waals surface area contributed by atoms with Gasteiger partial charge in [-0.15, -0.1) is 0 Å². The van der Waals surface area contributed by atoms with Crippen molar-refractivity contribution in [1.82, 2.24) is 9.97 Å². The fraction of sp³-hybridized carbons (Fsp3) is 0.308. The highest BCUT2D eigenvalue weighted by Crippen LogP contribution is 2.42. The predicted octanol–water partition coefficient (Wildman–Crippen LogP) is 3.75. The van der Waals surface area contributed by atoms with Crippen LogP contribution in [0.25, 0.3) is 11.3 Å². The number of amides is 1. The molecule has 0 radical (unpaired) electrons. The number of ether oxygens (including phenoxy) is 1. The van der Waals surface area contributed by atoms with Gasteiger partial charge >= 0.3 is 6.09 Å². The molecule has 0 aliphatic carbocycles. The summed E-state index contributed by atoms with van der Waals surface area (Å²) in [6.07, 6.45) is 0.259. The van der Waals surface area contributed by atoms with E-state index in [0.717, 1.165) is 4.88 Å². The largest absolute Gasteiger partial charge is 0.411 e. The number of rotatable bonds is 2. The summed E-state index contributed by atoms with van der Waals surface area (Å²) < 4.78 is 18.2. The van der Waals surface area contributed by atoms with Gasteiger partial charge in [0.05, 0.1) is 10.7 Å². The first-order valence-corrected chi connectivity index (χ1v) is 7.18. The topological polar surface area (TPSA) is 78.1 Å². The molecule has 5 nitrogen and oxygen atoms in total. The number of nitrogens with two attached hydrogens (primary N) is 1. The Bertz CT molecular complexity index is 697. The Morgan fingerprint density at radius 1 is 1.48 bits per heavy atom. The fourth-order valence-electron chi connectivity index (χ4n) is 1.72. The minimum Gasteiger partial charge on any atom is -0.381 e. The van der Waals surface area contributed by atoms with Crippen LogP contribution in [-0.2, 0) is 5.41 Å². The fourth-order valence-corrected chi connectivity index (χ4v) is 2.90. The van der Waals surface area contributed by atoms with E-state index in [-0.39, 0.29) is 15.6 Å². The van der Waals surface area contributed by atoms with E-state index < -0.39 is 12.0 Å². The molecule has 0 fully saturated rings. The number of halogens is 2. The van der Waals surface area contributed by atoms with Crippen LogP contribution in [0.1, 0.15) is 25.6 Å². The standard InChI is InChI=1S/C13H13ClFN3O2S/c1-13(2,3)10-9(18-12(21-10)20-11(16)19)6-4-8(15)17-5-7(6)14/h4-5H,1-3H3,(H2,16,19). The zero-order valence-electron chi connectivity index (χ0n) is 11.6. The van der Waals surface area contributed by atoms with E-state index in [2.05, 4.69) is 9.97 Å². The molecular weight excluding hydrogens is 317 g/mol. The van der Waals surface area contributed by atoms with Crippen molar-refractivity contribution in [1.29, 1.82) is 0 Å². The van der Waals surface area contributed by atoms with Gasteiger partial charge in [0, 0.05) is 22.7 Å². The molecule has 0 saturated carbocycles. The number of carbonyl (C=O) groups excluding carboxylic acids is 1. The van der Waals surface area contributed by atoms with E-state index in [1.165, 1.54) is 23.6 Å². The quantitative estimate of drug-likeness (QED) is 0.851. The van der Waals surface area contributed by atoms with Gasteiger partial charge in [-0.1, -0.05) is 43.7 Å². The summed E-state index contributed by atoms with van der Waals surface area (Å²) >= 11 is 7.24. The van der Waals surface area contributed by atoms with Gasteiger partial charge in [-0.05, 0) is 5.41 Å². The van der Waals surface area contributed by atoms with E-state index in [9.17, 15) is 9.18 Å². The lowest BCUT2D eigenvalue weighted by Gasteiger charge is -2.17. The maximum atomic E-state index is 13.4. The van der Waals surface area contributed by atoms with Gasteiger partial charge in [0.1, 0.15) is 0 Å². The molecule has 0 bridgehead atoms. The average Bonchev–Trinajstić information content (AvgIpc) is 2.75. The molecule has 8 heteroatoms. The average molecular weight is 330 g/mol. The molecule has 2 rings (SSSR count). The number of nitrogens with zero attached hydrogens (tertiary/aromatic N) is 2. The molecule has 0 aliphatic rings. The van der Waals surface area contributed by atoms with Crippen molar-refractivity contribution in [2.45, 2.75) is 26.2 Å².